The van der Waals surface area contributed by atoms with Crippen LogP contribution in [0.25, 0.3) is 6.08 Å². The van der Waals surface area contributed by atoms with Crippen LogP contribution < -0.4 is 5.32 Å². The van der Waals surface area contributed by atoms with Gasteiger partial charge in [-0.1, -0.05) is 37.3 Å². The van der Waals surface area contributed by atoms with Crippen LogP contribution in [0.2, 0.25) is 0 Å². The van der Waals surface area contributed by atoms with Gasteiger partial charge in [-0.05, 0) is 24.1 Å². The van der Waals surface area contributed by atoms with Gasteiger partial charge in [-0.25, -0.2) is 8.78 Å². The molecule has 156 valence electrons. The Morgan fingerprint density at radius 1 is 1.17 bits per heavy atom. The van der Waals surface area contributed by atoms with E-state index in [-0.39, 0.29) is 12.1 Å². The summed E-state index contributed by atoms with van der Waals surface area (Å²) in [5, 5.41) is 13.9. The minimum Gasteiger partial charge on any atom is -0.336 e. The molecule has 1 aliphatic rings. The normalized spacial score (nSPS) is 20.4. The molecular weight excluding hydrogens is 396 g/mol. The minimum absolute atomic E-state index is 0.237. The fourth-order valence-electron chi connectivity index (χ4n) is 3.50. The Kier molecular flexibility index (Phi) is 5.64. The third-order valence-corrected chi connectivity index (χ3v) is 5.20. The first-order chi connectivity index (χ1) is 14.2. The van der Waals surface area contributed by atoms with Crippen molar-refractivity contribution in [2.45, 2.75) is 25.3 Å². The van der Waals surface area contributed by atoms with Crippen LogP contribution in [-0.4, -0.2) is 34.2 Å². The van der Waals surface area contributed by atoms with E-state index >= 15 is 0 Å². The molecule has 0 spiro atoms. The van der Waals surface area contributed by atoms with Crippen molar-refractivity contribution in [3.63, 3.8) is 0 Å². The highest BCUT2D eigenvalue weighted by molar-refractivity contribution is 6.09. The minimum atomic E-state index is -1.47. The van der Waals surface area contributed by atoms with Gasteiger partial charge in [0.05, 0.1) is 10.5 Å². The Morgan fingerprint density at radius 2 is 1.83 bits per heavy atom. The Labute approximate surface area is 171 Å². The van der Waals surface area contributed by atoms with Crippen LogP contribution in [0.3, 0.4) is 0 Å². The van der Waals surface area contributed by atoms with Crippen molar-refractivity contribution in [1.82, 2.24) is 10.2 Å². The highest BCUT2D eigenvalue weighted by atomic mass is 19.2. The lowest BCUT2D eigenvalue weighted by Gasteiger charge is -2.41. The van der Waals surface area contributed by atoms with Gasteiger partial charge in [0.15, 0.2) is 11.6 Å². The fourth-order valence-corrected chi connectivity index (χ4v) is 3.50. The number of halogens is 2. The number of likely N-dealkylation sites (N-methyl/N-ethyl adjacent to an activating group) is 1. The molecule has 2 aromatic carbocycles. The summed E-state index contributed by atoms with van der Waals surface area (Å²) in [7, 11) is 1.32. The van der Waals surface area contributed by atoms with E-state index in [0.717, 1.165) is 22.6 Å². The van der Waals surface area contributed by atoms with Gasteiger partial charge in [0.25, 0.3) is 17.5 Å². The molecule has 2 amide bonds. The van der Waals surface area contributed by atoms with Crippen LogP contribution in [0.4, 0.5) is 14.5 Å². The van der Waals surface area contributed by atoms with Gasteiger partial charge in [-0.2, -0.15) is 0 Å². The number of benzene rings is 2. The van der Waals surface area contributed by atoms with E-state index in [9.17, 15) is 28.5 Å². The molecule has 30 heavy (non-hydrogen) atoms. The molecule has 1 saturated heterocycles. The van der Waals surface area contributed by atoms with E-state index in [2.05, 4.69) is 5.32 Å². The summed E-state index contributed by atoms with van der Waals surface area (Å²) >= 11 is 0. The fraction of sp³-hybridized carbons (Fsp3) is 0.238. The predicted molar refractivity (Wildman–Crippen MR) is 105 cm³/mol. The number of carbonyl (C=O) groups is 2. The Bertz CT molecular complexity index is 1060. The molecule has 3 rings (SSSR count). The number of amides is 2. The van der Waals surface area contributed by atoms with Crippen LogP contribution in [0.5, 0.6) is 0 Å². The molecule has 0 radical (unpaired) electrons. The molecule has 0 saturated carbocycles. The first kappa shape index (κ1) is 21.1. The van der Waals surface area contributed by atoms with Crippen LogP contribution in [0, 0.1) is 21.7 Å². The number of carbonyl (C=O) groups excluding carboxylic acids is 2. The van der Waals surface area contributed by atoms with Crippen molar-refractivity contribution in [3.05, 3.63) is 81.0 Å². The summed E-state index contributed by atoms with van der Waals surface area (Å²) in [5.74, 6) is -3.95. The zero-order valence-corrected chi connectivity index (χ0v) is 16.3. The maximum Gasteiger partial charge on any atom is 0.279 e. The SMILES string of the molecule is CCC1(Cc2ccccc2)NC(=O)/C(=C\c2c([N+](=O)[O-])ccc(F)c2F)N(C)C1=O. The lowest BCUT2D eigenvalue weighted by atomic mass is 9.84. The molecule has 1 N–H and O–H groups in total. The second kappa shape index (κ2) is 8.02. The average molecular weight is 415 g/mol. The van der Waals surface area contributed by atoms with Gasteiger partial charge in [0.1, 0.15) is 11.2 Å². The Hall–Kier alpha value is -3.62. The van der Waals surface area contributed by atoms with Crippen molar-refractivity contribution < 1.29 is 23.3 Å². The largest absolute Gasteiger partial charge is 0.336 e. The van der Waals surface area contributed by atoms with Gasteiger partial charge in [-0.15, -0.1) is 0 Å². The second-order valence-corrected chi connectivity index (χ2v) is 7.00. The zero-order chi connectivity index (χ0) is 22.1. The third-order valence-electron chi connectivity index (χ3n) is 5.20. The number of hydrogen-bond donors (Lipinski definition) is 1. The van der Waals surface area contributed by atoms with Gasteiger partial charge < -0.3 is 10.2 Å². The van der Waals surface area contributed by atoms with E-state index in [1.165, 1.54) is 7.05 Å². The molecule has 0 aromatic heterocycles. The summed E-state index contributed by atoms with van der Waals surface area (Å²) in [6.07, 6.45) is 1.35. The van der Waals surface area contributed by atoms with E-state index < -0.39 is 45.2 Å². The van der Waals surface area contributed by atoms with Crippen molar-refractivity contribution >= 4 is 23.6 Å². The van der Waals surface area contributed by atoms with E-state index in [0.29, 0.717) is 12.5 Å². The molecule has 2 aromatic rings. The van der Waals surface area contributed by atoms with Gasteiger partial charge >= 0.3 is 0 Å². The quantitative estimate of drug-likeness (QED) is 0.461. The number of hydrogen-bond acceptors (Lipinski definition) is 4. The highest BCUT2D eigenvalue weighted by Gasteiger charge is 2.46. The monoisotopic (exact) mass is 415 g/mol. The number of nitro benzene ring substituents is 1. The Morgan fingerprint density at radius 3 is 2.43 bits per heavy atom. The van der Waals surface area contributed by atoms with Crippen LogP contribution in [-0.2, 0) is 16.0 Å². The van der Waals surface area contributed by atoms with Crippen molar-refractivity contribution in [2.75, 3.05) is 7.05 Å². The van der Waals surface area contributed by atoms with Gasteiger partial charge in [-0.3, -0.25) is 19.7 Å². The van der Waals surface area contributed by atoms with E-state index in [4.69, 9.17) is 0 Å². The van der Waals surface area contributed by atoms with Crippen LogP contribution >= 0.6 is 0 Å². The van der Waals surface area contributed by atoms with E-state index in [1.807, 2.05) is 30.3 Å². The smallest absolute Gasteiger partial charge is 0.279 e. The molecule has 7 nitrogen and oxygen atoms in total. The van der Waals surface area contributed by atoms with Crippen molar-refractivity contribution in [3.8, 4) is 0 Å². The number of nitrogens with one attached hydrogen (secondary N) is 1. The molecule has 1 aliphatic heterocycles. The summed E-state index contributed by atoms with van der Waals surface area (Å²) in [6.45, 7) is 1.75. The van der Waals surface area contributed by atoms with Crippen molar-refractivity contribution in [2.24, 2.45) is 0 Å². The molecular formula is C21H19F2N3O4. The van der Waals surface area contributed by atoms with Crippen LogP contribution in [0.1, 0.15) is 24.5 Å². The first-order valence-corrected chi connectivity index (χ1v) is 9.19. The standard InChI is InChI=1S/C21H19F2N3O4/c1-3-21(12-13-7-5-4-6-8-13)20(28)25(2)17(19(27)24-21)11-14-16(26(29)30)10-9-15(22)18(14)23/h4-11H,3,12H2,1-2H3,(H,24,27)/b17-11+. The number of rotatable bonds is 5. The summed E-state index contributed by atoms with van der Waals surface area (Å²) < 4.78 is 27.9. The molecule has 0 aliphatic carbocycles. The molecule has 1 unspecified atom stereocenters. The van der Waals surface area contributed by atoms with Gasteiger partial charge in [0, 0.05) is 19.5 Å². The van der Waals surface area contributed by atoms with E-state index in [1.54, 1.807) is 6.92 Å². The number of nitro groups is 1. The lowest BCUT2D eigenvalue weighted by Crippen LogP contribution is -2.65. The zero-order valence-electron chi connectivity index (χ0n) is 16.3. The summed E-state index contributed by atoms with van der Waals surface area (Å²) in [4.78, 5) is 37.4. The Balaban J connectivity index is 2.04. The maximum absolute atomic E-state index is 14.3. The second-order valence-electron chi connectivity index (χ2n) is 7.00. The number of piperazine rings is 1. The predicted octanol–water partition coefficient (Wildman–Crippen LogP) is 3.19. The third kappa shape index (κ3) is 3.66. The molecule has 1 fully saturated rings. The summed E-state index contributed by atoms with van der Waals surface area (Å²) in [6, 6.07) is 10.5. The molecule has 1 atom stereocenters. The molecule has 9 heteroatoms. The van der Waals surface area contributed by atoms with Crippen molar-refractivity contribution in [1.29, 1.82) is 0 Å². The topological polar surface area (TPSA) is 92.5 Å². The maximum atomic E-state index is 14.3. The molecule has 1 heterocycles. The summed E-state index contributed by atoms with van der Waals surface area (Å²) in [5.41, 5.74) is -2.13. The van der Waals surface area contributed by atoms with Crippen LogP contribution in [0.15, 0.2) is 48.2 Å². The number of nitrogens with zero attached hydrogens (tertiary/aromatic N) is 2. The molecule has 0 bridgehead atoms. The van der Waals surface area contributed by atoms with Gasteiger partial charge in [0.2, 0.25) is 0 Å². The average Bonchev–Trinajstić information content (AvgIpc) is 2.72. The highest BCUT2D eigenvalue weighted by Crippen LogP contribution is 2.31. The lowest BCUT2D eigenvalue weighted by molar-refractivity contribution is -0.385. The first-order valence-electron chi connectivity index (χ1n) is 9.19.